The first-order valence-electron chi connectivity index (χ1n) is 7.94. The van der Waals surface area contributed by atoms with Crippen LogP contribution in [0, 0.1) is 0 Å². The molecule has 1 N–H and O–H groups in total. The lowest BCUT2D eigenvalue weighted by atomic mass is 10.1. The highest BCUT2D eigenvalue weighted by Crippen LogP contribution is 2.25. The van der Waals surface area contributed by atoms with E-state index in [0.717, 1.165) is 22.4 Å². The molecule has 0 radical (unpaired) electrons. The van der Waals surface area contributed by atoms with E-state index in [4.69, 9.17) is 4.74 Å². The van der Waals surface area contributed by atoms with Crippen molar-refractivity contribution in [2.75, 3.05) is 11.0 Å². The van der Waals surface area contributed by atoms with Gasteiger partial charge in [0.05, 0.1) is 0 Å². The molecule has 0 saturated carbocycles. The number of nitrogens with zero attached hydrogens (tertiary/aromatic N) is 1. The maximum absolute atomic E-state index is 12.4. The lowest BCUT2D eigenvalue weighted by Crippen LogP contribution is -2.18. The average Bonchev–Trinajstić information content (AvgIpc) is 2.64. The van der Waals surface area contributed by atoms with Crippen molar-refractivity contribution < 1.29 is 4.74 Å². The largest absolute Gasteiger partial charge is 0.483 e. The van der Waals surface area contributed by atoms with Gasteiger partial charge in [-0.1, -0.05) is 54.4 Å². The van der Waals surface area contributed by atoms with E-state index >= 15 is 0 Å². The van der Waals surface area contributed by atoms with Crippen LogP contribution in [0.15, 0.2) is 71.7 Å². The van der Waals surface area contributed by atoms with Crippen LogP contribution in [-0.4, -0.2) is 10.8 Å². The summed E-state index contributed by atoms with van der Waals surface area (Å²) in [7, 11) is 1.74. The van der Waals surface area contributed by atoms with Crippen molar-refractivity contribution in [1.82, 2.24) is 4.57 Å². The van der Waals surface area contributed by atoms with E-state index in [9.17, 15) is 4.79 Å². The van der Waals surface area contributed by atoms with E-state index in [1.54, 1.807) is 23.6 Å². The topological polar surface area (TPSA) is 43.3 Å². The number of aromatic nitrogens is 1. The van der Waals surface area contributed by atoms with E-state index in [1.165, 1.54) is 0 Å². The highest BCUT2D eigenvalue weighted by Gasteiger charge is 2.08. The third-order valence-electron chi connectivity index (χ3n) is 3.80. The standard InChI is InChI=1S/C20H20N2O2S/c1-22-13-17(16-9-6-10-18(11-16)21-25-2)12-19(20(22)23)24-14-15-7-4-3-5-8-15/h3-13,21H,14H2,1-2H3. The fraction of sp³-hybridized carbons (Fsp3) is 0.150. The summed E-state index contributed by atoms with van der Waals surface area (Å²) in [5, 5.41) is 0. The predicted molar refractivity (Wildman–Crippen MR) is 105 cm³/mol. The number of nitrogens with one attached hydrogen (secondary N) is 1. The molecule has 0 unspecified atom stereocenters. The fourth-order valence-electron chi connectivity index (χ4n) is 2.56. The number of anilines is 1. The second kappa shape index (κ2) is 7.94. The van der Waals surface area contributed by atoms with Gasteiger partial charge in [0.25, 0.3) is 5.56 Å². The maximum Gasteiger partial charge on any atom is 0.292 e. The van der Waals surface area contributed by atoms with Gasteiger partial charge in [-0.2, -0.15) is 0 Å². The van der Waals surface area contributed by atoms with Gasteiger partial charge in [-0.25, -0.2) is 0 Å². The van der Waals surface area contributed by atoms with Crippen LogP contribution in [0.5, 0.6) is 5.75 Å². The molecule has 128 valence electrons. The van der Waals surface area contributed by atoms with Crippen LogP contribution in [0.3, 0.4) is 0 Å². The minimum atomic E-state index is -0.141. The number of ether oxygens (including phenoxy) is 1. The number of hydrogen-bond donors (Lipinski definition) is 1. The molecule has 4 nitrogen and oxygen atoms in total. The number of rotatable bonds is 6. The van der Waals surface area contributed by atoms with Crippen molar-refractivity contribution in [1.29, 1.82) is 0 Å². The van der Waals surface area contributed by atoms with Crippen LogP contribution >= 0.6 is 11.9 Å². The van der Waals surface area contributed by atoms with Crippen LogP contribution in [0.25, 0.3) is 11.1 Å². The van der Waals surface area contributed by atoms with E-state index < -0.39 is 0 Å². The Bertz CT molecular complexity index is 907. The van der Waals surface area contributed by atoms with Gasteiger partial charge in [0.1, 0.15) is 6.61 Å². The molecule has 0 aliphatic rings. The molecule has 1 aromatic heterocycles. The minimum Gasteiger partial charge on any atom is -0.483 e. The van der Waals surface area contributed by atoms with Crippen molar-refractivity contribution in [2.45, 2.75) is 6.61 Å². The smallest absolute Gasteiger partial charge is 0.292 e. The normalized spacial score (nSPS) is 10.5. The second-order valence-corrected chi connectivity index (χ2v) is 6.28. The van der Waals surface area contributed by atoms with Gasteiger partial charge in [0, 0.05) is 30.8 Å². The van der Waals surface area contributed by atoms with Gasteiger partial charge < -0.3 is 14.0 Å². The Balaban J connectivity index is 1.90. The third kappa shape index (κ3) is 4.25. The van der Waals surface area contributed by atoms with Crippen LogP contribution in [0.2, 0.25) is 0 Å². The Labute approximate surface area is 151 Å². The summed E-state index contributed by atoms with van der Waals surface area (Å²) in [6, 6.07) is 19.7. The van der Waals surface area contributed by atoms with E-state index in [1.807, 2.05) is 67.0 Å². The third-order valence-corrected chi connectivity index (χ3v) is 4.24. The van der Waals surface area contributed by atoms with Crippen LogP contribution in [-0.2, 0) is 13.7 Å². The minimum absolute atomic E-state index is 0.141. The van der Waals surface area contributed by atoms with Gasteiger partial charge >= 0.3 is 0 Å². The Morgan fingerprint density at radius 3 is 2.60 bits per heavy atom. The lowest BCUT2D eigenvalue weighted by Gasteiger charge is -2.11. The van der Waals surface area contributed by atoms with Crippen molar-refractivity contribution in [3.63, 3.8) is 0 Å². The first kappa shape index (κ1) is 17.2. The fourth-order valence-corrected chi connectivity index (χ4v) is 2.92. The summed E-state index contributed by atoms with van der Waals surface area (Å²) >= 11 is 1.54. The molecule has 2 aromatic carbocycles. The average molecular weight is 352 g/mol. The number of hydrogen-bond acceptors (Lipinski definition) is 4. The molecule has 0 amide bonds. The summed E-state index contributed by atoms with van der Waals surface area (Å²) in [5.74, 6) is 0.354. The number of pyridine rings is 1. The number of benzene rings is 2. The molecule has 0 aliphatic heterocycles. The molecule has 0 aliphatic carbocycles. The quantitative estimate of drug-likeness (QED) is 0.671. The highest BCUT2D eigenvalue weighted by molar-refractivity contribution is 7.99. The Morgan fingerprint density at radius 2 is 1.84 bits per heavy atom. The van der Waals surface area contributed by atoms with Gasteiger partial charge in [-0.3, -0.25) is 4.79 Å². The summed E-state index contributed by atoms with van der Waals surface area (Å²) in [6.07, 6.45) is 3.81. The van der Waals surface area contributed by atoms with Crippen LogP contribution < -0.4 is 15.0 Å². The van der Waals surface area contributed by atoms with Crippen molar-refractivity contribution in [3.8, 4) is 16.9 Å². The van der Waals surface area contributed by atoms with Gasteiger partial charge in [-0.05, 0) is 29.3 Å². The molecule has 1 heterocycles. The van der Waals surface area contributed by atoms with Crippen LogP contribution in [0.4, 0.5) is 5.69 Å². The molecular weight excluding hydrogens is 332 g/mol. The molecule has 0 saturated heterocycles. The summed E-state index contributed by atoms with van der Waals surface area (Å²) in [5.41, 5.74) is 3.87. The Hall–Kier alpha value is -2.66. The molecular formula is C20H20N2O2S. The lowest BCUT2D eigenvalue weighted by molar-refractivity contribution is 0.300. The summed E-state index contributed by atoms with van der Waals surface area (Å²) in [4.78, 5) is 12.4. The van der Waals surface area contributed by atoms with Gasteiger partial charge in [0.15, 0.2) is 5.75 Å². The van der Waals surface area contributed by atoms with Crippen molar-refractivity contribution in [3.05, 3.63) is 82.8 Å². The monoisotopic (exact) mass is 352 g/mol. The molecule has 3 rings (SSSR count). The zero-order chi connectivity index (χ0) is 17.6. The first-order chi connectivity index (χ1) is 12.2. The van der Waals surface area contributed by atoms with Crippen molar-refractivity contribution in [2.24, 2.45) is 7.05 Å². The van der Waals surface area contributed by atoms with E-state index in [2.05, 4.69) is 10.8 Å². The zero-order valence-corrected chi connectivity index (χ0v) is 15.0. The van der Waals surface area contributed by atoms with Gasteiger partial charge in [-0.15, -0.1) is 0 Å². The van der Waals surface area contributed by atoms with E-state index in [-0.39, 0.29) is 5.56 Å². The van der Waals surface area contributed by atoms with Crippen LogP contribution in [0.1, 0.15) is 5.56 Å². The maximum atomic E-state index is 12.4. The molecule has 0 bridgehead atoms. The predicted octanol–water partition coefficient (Wildman–Crippen LogP) is 4.32. The molecule has 0 fully saturated rings. The second-order valence-electron chi connectivity index (χ2n) is 5.67. The van der Waals surface area contributed by atoms with E-state index in [0.29, 0.717) is 12.4 Å². The molecule has 5 heteroatoms. The SMILES string of the molecule is CSNc1cccc(-c2cc(OCc3ccccc3)c(=O)n(C)c2)c1. The van der Waals surface area contributed by atoms with Gasteiger partial charge in [0.2, 0.25) is 0 Å². The Kier molecular flexibility index (Phi) is 5.46. The molecule has 25 heavy (non-hydrogen) atoms. The number of aryl methyl sites for hydroxylation is 1. The first-order valence-corrected chi connectivity index (χ1v) is 9.16. The summed E-state index contributed by atoms with van der Waals surface area (Å²) in [6.45, 7) is 0.369. The molecule has 0 atom stereocenters. The summed E-state index contributed by atoms with van der Waals surface area (Å²) < 4.78 is 10.6. The molecule has 0 spiro atoms. The highest BCUT2D eigenvalue weighted by atomic mass is 32.2. The Morgan fingerprint density at radius 1 is 1.04 bits per heavy atom. The van der Waals surface area contributed by atoms with Crippen molar-refractivity contribution >= 4 is 17.6 Å². The zero-order valence-electron chi connectivity index (χ0n) is 14.2. The molecule has 3 aromatic rings.